The number of benzene rings is 2. The Bertz CT molecular complexity index is 686. The largest absolute Gasteiger partial charge is 0.305 e. The maximum atomic E-state index is 4.25. The zero-order valence-corrected chi connectivity index (χ0v) is 15.9. The molecule has 0 amide bonds. The Labute approximate surface area is 162 Å². The van der Waals surface area contributed by atoms with Crippen LogP contribution in [0.1, 0.15) is 0 Å². The number of nitrogens with zero attached hydrogens (tertiary/aromatic N) is 2. The third-order valence-electron chi connectivity index (χ3n) is 3.38. The van der Waals surface area contributed by atoms with Crippen LogP contribution in [0.2, 0.25) is 0 Å². The monoisotopic (exact) mass is 502 g/mol. The standard InChI is InChI=1S/C11H9N.C11H8N.Ir/c2*1-2-6-10(7-3-1)11-8-4-5-9-12-11;/h1-9H;1-6,8-9H;/q;-1;. The molecular weight excluding hydrogens is 484 g/mol. The SMILES string of the molecule is [Ir].[c-]1ccccc1-c1ccccn1.c1ccc(-c2ccccn2)cc1. The van der Waals surface area contributed by atoms with Gasteiger partial charge < -0.3 is 4.98 Å². The van der Waals surface area contributed by atoms with E-state index in [1.807, 2.05) is 85.1 Å². The van der Waals surface area contributed by atoms with Gasteiger partial charge in [-0.1, -0.05) is 48.5 Å². The Hall–Kier alpha value is -2.61. The average Bonchev–Trinajstić information content (AvgIpc) is 2.71. The zero-order valence-electron chi connectivity index (χ0n) is 13.5. The molecule has 2 aromatic carbocycles. The first-order chi connectivity index (χ1) is 11.9. The third-order valence-corrected chi connectivity index (χ3v) is 3.38. The topological polar surface area (TPSA) is 25.8 Å². The van der Waals surface area contributed by atoms with Crippen LogP contribution in [0, 0.1) is 6.07 Å². The molecule has 25 heavy (non-hydrogen) atoms. The second kappa shape index (κ2) is 10.3. The van der Waals surface area contributed by atoms with Crippen LogP contribution in [-0.4, -0.2) is 9.97 Å². The summed E-state index contributed by atoms with van der Waals surface area (Å²) in [6, 6.07) is 32.9. The van der Waals surface area contributed by atoms with Crippen molar-refractivity contribution in [2.75, 3.05) is 0 Å². The van der Waals surface area contributed by atoms with E-state index in [0.29, 0.717) is 0 Å². The molecule has 0 fully saturated rings. The summed E-state index contributed by atoms with van der Waals surface area (Å²) >= 11 is 0. The molecular formula is C22H17IrN2-. The Balaban J connectivity index is 0.000000173. The van der Waals surface area contributed by atoms with E-state index in [0.717, 1.165) is 22.5 Å². The molecule has 0 spiro atoms. The molecule has 0 aliphatic heterocycles. The molecule has 4 aromatic rings. The smallest absolute Gasteiger partial charge is 0.0701 e. The Morgan fingerprint density at radius 2 is 1.16 bits per heavy atom. The van der Waals surface area contributed by atoms with Crippen LogP contribution < -0.4 is 0 Å². The molecule has 0 atom stereocenters. The fourth-order valence-electron chi connectivity index (χ4n) is 2.22. The van der Waals surface area contributed by atoms with E-state index < -0.39 is 0 Å². The first-order valence-electron chi connectivity index (χ1n) is 7.78. The van der Waals surface area contributed by atoms with E-state index in [4.69, 9.17) is 0 Å². The van der Waals surface area contributed by atoms with E-state index in [1.165, 1.54) is 0 Å². The molecule has 0 N–H and O–H groups in total. The van der Waals surface area contributed by atoms with Gasteiger partial charge in [-0.2, -0.15) is 0 Å². The maximum absolute atomic E-state index is 4.25. The second-order valence-electron chi connectivity index (χ2n) is 5.07. The molecule has 2 heterocycles. The van der Waals surface area contributed by atoms with Crippen LogP contribution >= 0.6 is 0 Å². The third kappa shape index (κ3) is 5.75. The summed E-state index contributed by atoms with van der Waals surface area (Å²) in [5.74, 6) is 0. The summed E-state index contributed by atoms with van der Waals surface area (Å²) in [5.41, 5.74) is 4.20. The van der Waals surface area contributed by atoms with Crippen LogP contribution in [0.25, 0.3) is 22.5 Å². The van der Waals surface area contributed by atoms with Crippen molar-refractivity contribution in [2.45, 2.75) is 0 Å². The predicted molar refractivity (Wildman–Crippen MR) is 98.2 cm³/mol. The van der Waals surface area contributed by atoms with Crippen LogP contribution in [0.3, 0.4) is 0 Å². The van der Waals surface area contributed by atoms with Crippen molar-refractivity contribution in [3.8, 4) is 22.5 Å². The van der Waals surface area contributed by atoms with Crippen molar-refractivity contribution in [3.05, 3.63) is 109 Å². The quantitative estimate of drug-likeness (QED) is 0.349. The predicted octanol–water partition coefficient (Wildman–Crippen LogP) is 5.29. The minimum absolute atomic E-state index is 0. The number of rotatable bonds is 2. The molecule has 2 aromatic heterocycles. The van der Waals surface area contributed by atoms with Crippen LogP contribution in [0.5, 0.6) is 0 Å². The number of hydrogen-bond donors (Lipinski definition) is 0. The van der Waals surface area contributed by atoms with Gasteiger partial charge in [-0.25, -0.2) is 0 Å². The molecule has 0 aliphatic carbocycles. The van der Waals surface area contributed by atoms with Gasteiger partial charge in [0.15, 0.2) is 0 Å². The Kier molecular flexibility index (Phi) is 7.71. The molecule has 2 nitrogen and oxygen atoms in total. The Morgan fingerprint density at radius 3 is 1.72 bits per heavy atom. The van der Waals surface area contributed by atoms with E-state index in [9.17, 15) is 0 Å². The van der Waals surface area contributed by atoms with Gasteiger partial charge in [-0.05, 0) is 23.9 Å². The normalized spacial score (nSPS) is 9.28. The number of hydrogen-bond acceptors (Lipinski definition) is 2. The molecule has 0 saturated carbocycles. The van der Waals surface area contributed by atoms with E-state index in [2.05, 4.69) is 28.2 Å². The summed E-state index contributed by atoms with van der Waals surface area (Å²) in [7, 11) is 0. The minimum Gasteiger partial charge on any atom is -0.305 e. The Morgan fingerprint density at radius 1 is 0.560 bits per heavy atom. The van der Waals surface area contributed by atoms with Gasteiger partial charge in [0.2, 0.25) is 0 Å². The van der Waals surface area contributed by atoms with Gasteiger partial charge in [0.25, 0.3) is 0 Å². The van der Waals surface area contributed by atoms with Crippen molar-refractivity contribution in [3.63, 3.8) is 0 Å². The second-order valence-corrected chi connectivity index (χ2v) is 5.07. The summed E-state index contributed by atoms with van der Waals surface area (Å²) < 4.78 is 0. The van der Waals surface area contributed by atoms with Gasteiger partial charge in [-0.3, -0.25) is 4.98 Å². The van der Waals surface area contributed by atoms with Gasteiger partial charge in [0, 0.05) is 38.1 Å². The van der Waals surface area contributed by atoms with E-state index in [1.54, 1.807) is 6.20 Å². The van der Waals surface area contributed by atoms with Crippen LogP contribution in [0.4, 0.5) is 0 Å². The molecule has 1 radical (unpaired) electrons. The fourth-order valence-corrected chi connectivity index (χ4v) is 2.22. The van der Waals surface area contributed by atoms with E-state index >= 15 is 0 Å². The minimum atomic E-state index is 0. The molecule has 0 saturated heterocycles. The molecule has 0 aliphatic rings. The summed E-state index contributed by atoms with van der Waals surface area (Å²) in [6.07, 6.45) is 3.60. The number of aromatic nitrogens is 2. The first-order valence-corrected chi connectivity index (χ1v) is 7.78. The van der Waals surface area contributed by atoms with E-state index in [-0.39, 0.29) is 20.1 Å². The molecule has 0 bridgehead atoms. The fraction of sp³-hybridized carbons (Fsp3) is 0. The summed E-state index contributed by atoms with van der Waals surface area (Å²) in [6.45, 7) is 0. The maximum Gasteiger partial charge on any atom is 0.0701 e. The molecule has 0 unspecified atom stereocenters. The van der Waals surface area contributed by atoms with Crippen molar-refractivity contribution in [2.24, 2.45) is 0 Å². The summed E-state index contributed by atoms with van der Waals surface area (Å²) in [4.78, 5) is 8.47. The van der Waals surface area contributed by atoms with Crippen LogP contribution in [-0.2, 0) is 20.1 Å². The molecule has 125 valence electrons. The summed E-state index contributed by atoms with van der Waals surface area (Å²) in [5, 5.41) is 0. The number of pyridine rings is 2. The average molecular weight is 502 g/mol. The van der Waals surface area contributed by atoms with Gasteiger partial charge in [0.05, 0.1) is 5.69 Å². The van der Waals surface area contributed by atoms with Gasteiger partial charge in [-0.15, -0.1) is 35.9 Å². The van der Waals surface area contributed by atoms with Crippen molar-refractivity contribution < 1.29 is 20.1 Å². The van der Waals surface area contributed by atoms with Gasteiger partial charge in [0.1, 0.15) is 0 Å². The van der Waals surface area contributed by atoms with Crippen molar-refractivity contribution in [1.82, 2.24) is 9.97 Å². The zero-order chi connectivity index (χ0) is 16.5. The van der Waals surface area contributed by atoms with Gasteiger partial charge >= 0.3 is 0 Å². The van der Waals surface area contributed by atoms with Crippen molar-refractivity contribution >= 4 is 0 Å². The van der Waals surface area contributed by atoms with Crippen LogP contribution in [0.15, 0.2) is 103 Å². The van der Waals surface area contributed by atoms with Crippen molar-refractivity contribution in [1.29, 1.82) is 0 Å². The molecule has 4 rings (SSSR count). The first kappa shape index (κ1) is 18.7. The molecule has 3 heteroatoms.